The molecule has 0 saturated heterocycles. The molecule has 0 aromatic rings. The smallest absolute Gasteiger partial charge is 0.0378 e. The summed E-state index contributed by atoms with van der Waals surface area (Å²) in [5.41, 5.74) is 1.34. The molecule has 0 bridgehead atoms. The fourth-order valence-corrected chi connectivity index (χ4v) is 0.788. The third-order valence-corrected chi connectivity index (χ3v) is 1.67. The maximum absolute atomic E-state index is 2.21. The summed E-state index contributed by atoms with van der Waals surface area (Å²) < 4.78 is 0. The van der Waals surface area contributed by atoms with Gasteiger partial charge >= 0.3 is 0 Å². The fourth-order valence-electron chi connectivity index (χ4n) is 0.788. The summed E-state index contributed by atoms with van der Waals surface area (Å²) in [7, 11) is 4.14. The SMILES string of the molecule is CC1=CCN(C)N1C. The van der Waals surface area contributed by atoms with E-state index in [0.717, 1.165) is 6.54 Å². The van der Waals surface area contributed by atoms with Crippen molar-refractivity contribution >= 4 is 0 Å². The molecule has 1 heterocycles. The van der Waals surface area contributed by atoms with Crippen molar-refractivity contribution in [2.75, 3.05) is 20.6 Å². The largest absolute Gasteiger partial charge is 0.313 e. The van der Waals surface area contributed by atoms with Crippen molar-refractivity contribution in [1.29, 1.82) is 0 Å². The van der Waals surface area contributed by atoms with Gasteiger partial charge in [0.1, 0.15) is 0 Å². The molecule has 0 aliphatic carbocycles. The minimum Gasteiger partial charge on any atom is -0.313 e. The monoisotopic (exact) mass is 112 g/mol. The summed E-state index contributed by atoms with van der Waals surface area (Å²) in [6.07, 6.45) is 2.21. The lowest BCUT2D eigenvalue weighted by Crippen LogP contribution is -2.29. The minimum atomic E-state index is 1.06. The van der Waals surface area contributed by atoms with Crippen LogP contribution in [0.15, 0.2) is 11.8 Å². The van der Waals surface area contributed by atoms with E-state index in [-0.39, 0.29) is 0 Å². The molecule has 0 atom stereocenters. The number of rotatable bonds is 0. The van der Waals surface area contributed by atoms with E-state index >= 15 is 0 Å². The summed E-state index contributed by atoms with van der Waals surface area (Å²) >= 11 is 0. The Balaban J connectivity index is 2.59. The third kappa shape index (κ3) is 0.713. The molecule has 0 amide bonds. The molecule has 8 heavy (non-hydrogen) atoms. The molecule has 2 nitrogen and oxygen atoms in total. The molecular formula is C6H12N2. The maximum Gasteiger partial charge on any atom is 0.0378 e. The summed E-state index contributed by atoms with van der Waals surface area (Å²) in [5.74, 6) is 0. The van der Waals surface area contributed by atoms with Gasteiger partial charge in [-0.3, -0.25) is 0 Å². The highest BCUT2D eigenvalue weighted by Gasteiger charge is 2.10. The van der Waals surface area contributed by atoms with E-state index < -0.39 is 0 Å². The first-order valence-corrected chi connectivity index (χ1v) is 2.83. The Bertz CT molecular complexity index is 118. The van der Waals surface area contributed by atoms with E-state index in [1.165, 1.54) is 5.70 Å². The molecule has 0 unspecified atom stereocenters. The van der Waals surface area contributed by atoms with Gasteiger partial charge in [-0.1, -0.05) is 0 Å². The summed E-state index contributed by atoms with van der Waals surface area (Å²) in [6, 6.07) is 0. The quantitative estimate of drug-likeness (QED) is 0.454. The molecule has 0 fully saturated rings. The average Bonchev–Trinajstić information content (AvgIpc) is 1.98. The zero-order chi connectivity index (χ0) is 6.15. The first-order valence-electron chi connectivity index (χ1n) is 2.83. The van der Waals surface area contributed by atoms with Crippen molar-refractivity contribution in [3.05, 3.63) is 11.8 Å². The van der Waals surface area contributed by atoms with Gasteiger partial charge in [0.25, 0.3) is 0 Å². The van der Waals surface area contributed by atoms with E-state index in [9.17, 15) is 0 Å². The van der Waals surface area contributed by atoms with E-state index in [0.29, 0.717) is 0 Å². The van der Waals surface area contributed by atoms with Crippen LogP contribution < -0.4 is 0 Å². The molecule has 0 saturated carbocycles. The molecule has 46 valence electrons. The van der Waals surface area contributed by atoms with Crippen molar-refractivity contribution in [2.24, 2.45) is 0 Å². The zero-order valence-corrected chi connectivity index (χ0v) is 5.68. The van der Waals surface area contributed by atoms with Crippen molar-refractivity contribution < 1.29 is 0 Å². The second-order valence-corrected chi connectivity index (χ2v) is 2.21. The second-order valence-electron chi connectivity index (χ2n) is 2.21. The van der Waals surface area contributed by atoms with Gasteiger partial charge in [0.2, 0.25) is 0 Å². The Hall–Kier alpha value is -0.500. The second kappa shape index (κ2) is 1.78. The average molecular weight is 112 g/mol. The van der Waals surface area contributed by atoms with Crippen LogP contribution in [0.25, 0.3) is 0 Å². The van der Waals surface area contributed by atoms with Crippen LogP contribution in [-0.2, 0) is 0 Å². The van der Waals surface area contributed by atoms with E-state index in [1.807, 2.05) is 0 Å². The highest BCUT2D eigenvalue weighted by atomic mass is 15.6. The van der Waals surface area contributed by atoms with Gasteiger partial charge in [0.15, 0.2) is 0 Å². The van der Waals surface area contributed by atoms with Gasteiger partial charge in [-0.05, 0) is 13.0 Å². The third-order valence-electron chi connectivity index (χ3n) is 1.67. The topological polar surface area (TPSA) is 6.48 Å². The van der Waals surface area contributed by atoms with Crippen LogP contribution in [0.5, 0.6) is 0 Å². The molecule has 0 radical (unpaired) electrons. The standard InChI is InChI=1S/C6H12N2/c1-6-4-5-7(2)8(6)3/h4H,5H2,1-3H3. The normalized spacial score (nSPS) is 21.9. The Labute approximate surface area is 50.4 Å². The minimum absolute atomic E-state index is 1.06. The van der Waals surface area contributed by atoms with Crippen LogP contribution in [0, 0.1) is 0 Å². The summed E-state index contributed by atoms with van der Waals surface area (Å²) in [5, 5.41) is 4.30. The molecular weight excluding hydrogens is 100 g/mol. The van der Waals surface area contributed by atoms with E-state index in [2.05, 4.69) is 37.1 Å². The predicted octanol–water partition coefficient (Wildman–Crippen LogP) is 0.682. The first-order chi connectivity index (χ1) is 3.72. The van der Waals surface area contributed by atoms with Crippen molar-refractivity contribution in [3.63, 3.8) is 0 Å². The zero-order valence-electron chi connectivity index (χ0n) is 5.68. The van der Waals surface area contributed by atoms with Crippen molar-refractivity contribution in [2.45, 2.75) is 6.92 Å². The Morgan fingerprint density at radius 1 is 1.50 bits per heavy atom. The van der Waals surface area contributed by atoms with Gasteiger partial charge in [-0.25, -0.2) is 5.01 Å². The van der Waals surface area contributed by atoms with Crippen molar-refractivity contribution in [1.82, 2.24) is 10.0 Å². The highest BCUT2D eigenvalue weighted by Crippen LogP contribution is 2.09. The molecule has 1 aliphatic rings. The lowest BCUT2D eigenvalue weighted by Gasteiger charge is -2.22. The Morgan fingerprint density at radius 2 is 2.12 bits per heavy atom. The molecule has 0 spiro atoms. The lowest BCUT2D eigenvalue weighted by atomic mass is 10.5. The maximum atomic E-state index is 2.21. The molecule has 0 aromatic carbocycles. The Morgan fingerprint density at radius 3 is 2.25 bits per heavy atom. The fraction of sp³-hybridized carbons (Fsp3) is 0.667. The molecule has 1 rings (SSSR count). The van der Waals surface area contributed by atoms with Crippen LogP contribution >= 0.6 is 0 Å². The van der Waals surface area contributed by atoms with Crippen LogP contribution in [-0.4, -0.2) is 30.7 Å². The highest BCUT2D eigenvalue weighted by molar-refractivity contribution is 5.01. The lowest BCUT2D eigenvalue weighted by molar-refractivity contribution is 0.103. The number of hydrogen-bond donors (Lipinski definition) is 0. The summed E-state index contributed by atoms with van der Waals surface area (Å²) in [4.78, 5) is 0. The van der Waals surface area contributed by atoms with Crippen LogP contribution in [0.4, 0.5) is 0 Å². The number of hydrazine groups is 1. The van der Waals surface area contributed by atoms with Crippen LogP contribution in [0.2, 0.25) is 0 Å². The Kier molecular flexibility index (Phi) is 1.26. The van der Waals surface area contributed by atoms with Gasteiger partial charge < -0.3 is 5.01 Å². The first kappa shape index (κ1) is 5.63. The molecule has 0 N–H and O–H groups in total. The van der Waals surface area contributed by atoms with Crippen LogP contribution in [0.3, 0.4) is 0 Å². The number of hydrogen-bond acceptors (Lipinski definition) is 2. The van der Waals surface area contributed by atoms with E-state index in [1.54, 1.807) is 0 Å². The van der Waals surface area contributed by atoms with Gasteiger partial charge in [-0.2, -0.15) is 0 Å². The van der Waals surface area contributed by atoms with Gasteiger partial charge in [0, 0.05) is 26.3 Å². The molecule has 0 aromatic heterocycles. The molecule has 1 aliphatic heterocycles. The summed E-state index contributed by atoms with van der Waals surface area (Å²) in [6.45, 7) is 3.17. The number of allylic oxidation sites excluding steroid dienone is 1. The predicted molar refractivity (Wildman–Crippen MR) is 34.1 cm³/mol. The number of nitrogens with zero attached hydrogens (tertiary/aromatic N) is 2. The van der Waals surface area contributed by atoms with E-state index in [4.69, 9.17) is 0 Å². The van der Waals surface area contributed by atoms with Gasteiger partial charge in [-0.15, -0.1) is 0 Å². The van der Waals surface area contributed by atoms with Gasteiger partial charge in [0.05, 0.1) is 0 Å². The number of likely N-dealkylation sites (N-methyl/N-ethyl adjacent to an activating group) is 1. The van der Waals surface area contributed by atoms with Crippen LogP contribution in [0.1, 0.15) is 6.92 Å². The molecule has 2 heteroatoms. The van der Waals surface area contributed by atoms with Crippen molar-refractivity contribution in [3.8, 4) is 0 Å².